The molecule has 3 heterocycles. The van der Waals surface area contributed by atoms with Gasteiger partial charge in [0, 0.05) is 18.7 Å². The second-order valence-corrected chi connectivity index (χ2v) is 9.33. The van der Waals surface area contributed by atoms with Crippen LogP contribution in [0.25, 0.3) is 11.5 Å². The van der Waals surface area contributed by atoms with Gasteiger partial charge in [-0.1, -0.05) is 0 Å². The molecule has 0 radical (unpaired) electrons. The van der Waals surface area contributed by atoms with Gasteiger partial charge in [0.25, 0.3) is 0 Å². The Hall–Kier alpha value is -3.11. The molecule has 1 atom stereocenters. The van der Waals surface area contributed by atoms with Crippen molar-refractivity contribution in [3.05, 3.63) is 48.4 Å². The average Bonchev–Trinajstić information content (AvgIpc) is 3.48. The van der Waals surface area contributed by atoms with Gasteiger partial charge in [-0.05, 0) is 55.3 Å². The van der Waals surface area contributed by atoms with Gasteiger partial charge in [0.1, 0.15) is 5.75 Å². The minimum Gasteiger partial charge on any atom is -0.497 e. The van der Waals surface area contributed by atoms with Crippen LogP contribution >= 0.6 is 0 Å². The summed E-state index contributed by atoms with van der Waals surface area (Å²) in [5.74, 6) is 2.54. The smallest absolute Gasteiger partial charge is 0.247 e. The maximum absolute atomic E-state index is 13.1. The van der Waals surface area contributed by atoms with E-state index in [1.807, 2.05) is 6.07 Å². The number of piperidine rings is 1. The van der Waals surface area contributed by atoms with Crippen LogP contribution in [0.4, 0.5) is 0 Å². The fraction of sp³-hybridized carbons (Fsp3) is 0.333. The highest BCUT2D eigenvalue weighted by Gasteiger charge is 2.33. The van der Waals surface area contributed by atoms with Gasteiger partial charge in [0.2, 0.25) is 28.6 Å². The van der Waals surface area contributed by atoms with E-state index in [4.69, 9.17) is 18.6 Å². The van der Waals surface area contributed by atoms with Crippen LogP contribution in [0.1, 0.15) is 24.7 Å². The molecule has 31 heavy (non-hydrogen) atoms. The molecule has 2 aromatic carbocycles. The van der Waals surface area contributed by atoms with E-state index in [1.54, 1.807) is 43.5 Å². The SMILES string of the molecule is COc1ccc(S(=O)(=O)N2CCCC(c3nnc(-c4ccc5c(c4)OCO5)o3)C2)cc1. The van der Waals surface area contributed by atoms with Crippen LogP contribution in [0.3, 0.4) is 0 Å². The van der Waals surface area contributed by atoms with Crippen molar-refractivity contribution in [3.63, 3.8) is 0 Å². The number of fused-ring (bicyclic) bond motifs is 1. The molecule has 9 nitrogen and oxygen atoms in total. The van der Waals surface area contributed by atoms with E-state index in [9.17, 15) is 8.42 Å². The molecule has 0 saturated carbocycles. The Balaban J connectivity index is 1.35. The Morgan fingerprint density at radius 2 is 1.87 bits per heavy atom. The fourth-order valence-corrected chi connectivity index (χ4v) is 5.33. The Morgan fingerprint density at radius 3 is 2.68 bits per heavy atom. The van der Waals surface area contributed by atoms with Crippen molar-refractivity contribution in [3.8, 4) is 28.7 Å². The minimum absolute atomic E-state index is 0.169. The molecule has 2 aliphatic rings. The van der Waals surface area contributed by atoms with Gasteiger partial charge < -0.3 is 18.6 Å². The summed E-state index contributed by atoms with van der Waals surface area (Å²) < 4.78 is 49.4. The van der Waals surface area contributed by atoms with Crippen molar-refractivity contribution in [2.45, 2.75) is 23.7 Å². The number of ether oxygens (including phenoxy) is 3. The van der Waals surface area contributed by atoms with Gasteiger partial charge in [-0.25, -0.2) is 8.42 Å². The highest BCUT2D eigenvalue weighted by molar-refractivity contribution is 7.89. The third-order valence-corrected chi connectivity index (χ3v) is 7.37. The summed E-state index contributed by atoms with van der Waals surface area (Å²) >= 11 is 0. The lowest BCUT2D eigenvalue weighted by Gasteiger charge is -2.30. The minimum atomic E-state index is -3.62. The van der Waals surface area contributed by atoms with Gasteiger partial charge in [0.05, 0.1) is 17.9 Å². The second kappa shape index (κ2) is 7.86. The molecule has 3 aromatic rings. The first-order valence-corrected chi connectivity index (χ1v) is 11.4. The van der Waals surface area contributed by atoms with E-state index in [1.165, 1.54) is 4.31 Å². The molecule has 1 aromatic heterocycles. The Bertz CT molecular complexity index is 1190. The second-order valence-electron chi connectivity index (χ2n) is 7.39. The van der Waals surface area contributed by atoms with Crippen LogP contribution in [0.5, 0.6) is 17.2 Å². The topological polar surface area (TPSA) is 104 Å². The fourth-order valence-electron chi connectivity index (χ4n) is 3.80. The van der Waals surface area contributed by atoms with Crippen LogP contribution in [0, 0.1) is 0 Å². The Kier molecular flexibility index (Phi) is 5.03. The van der Waals surface area contributed by atoms with E-state index >= 15 is 0 Å². The lowest BCUT2D eigenvalue weighted by Crippen LogP contribution is -2.39. The highest BCUT2D eigenvalue weighted by Crippen LogP contribution is 2.36. The standard InChI is InChI=1S/C21H21N3O6S/c1-27-16-5-7-17(8-6-16)31(25,26)24-10-2-3-15(12-24)21-23-22-20(30-21)14-4-9-18-19(11-14)29-13-28-18/h4-9,11,15H,2-3,10,12-13H2,1H3. The van der Waals surface area contributed by atoms with E-state index < -0.39 is 10.0 Å². The molecule has 0 aliphatic carbocycles. The summed E-state index contributed by atoms with van der Waals surface area (Å²) in [7, 11) is -2.08. The zero-order chi connectivity index (χ0) is 21.4. The molecule has 0 N–H and O–H groups in total. The first-order valence-electron chi connectivity index (χ1n) is 9.92. The number of benzene rings is 2. The van der Waals surface area contributed by atoms with Crippen molar-refractivity contribution in [2.75, 3.05) is 27.0 Å². The number of hydrogen-bond donors (Lipinski definition) is 0. The zero-order valence-electron chi connectivity index (χ0n) is 16.9. The van der Waals surface area contributed by atoms with Gasteiger partial charge >= 0.3 is 0 Å². The normalized spacial score (nSPS) is 18.8. The molecule has 162 valence electrons. The molecule has 0 bridgehead atoms. The summed E-state index contributed by atoms with van der Waals surface area (Å²) in [6, 6.07) is 11.8. The van der Waals surface area contributed by atoms with Crippen molar-refractivity contribution < 1.29 is 27.0 Å². The maximum atomic E-state index is 13.1. The lowest BCUT2D eigenvalue weighted by atomic mass is 10.00. The van der Waals surface area contributed by atoms with Crippen LogP contribution in [-0.4, -0.2) is 49.9 Å². The third-order valence-electron chi connectivity index (χ3n) is 5.49. The number of rotatable bonds is 5. The molecule has 0 amide bonds. The number of hydrogen-bond acceptors (Lipinski definition) is 8. The van der Waals surface area contributed by atoms with Crippen LogP contribution in [-0.2, 0) is 10.0 Å². The van der Waals surface area contributed by atoms with Gasteiger partial charge in [-0.3, -0.25) is 0 Å². The van der Waals surface area contributed by atoms with Crippen molar-refractivity contribution in [1.29, 1.82) is 0 Å². The largest absolute Gasteiger partial charge is 0.497 e. The highest BCUT2D eigenvalue weighted by atomic mass is 32.2. The number of methoxy groups -OCH3 is 1. The predicted molar refractivity (Wildman–Crippen MR) is 110 cm³/mol. The monoisotopic (exact) mass is 443 g/mol. The molecule has 1 saturated heterocycles. The summed E-state index contributed by atoms with van der Waals surface area (Å²) in [6.45, 7) is 0.930. The Morgan fingerprint density at radius 1 is 1.06 bits per heavy atom. The third kappa shape index (κ3) is 3.72. The average molecular weight is 443 g/mol. The lowest BCUT2D eigenvalue weighted by molar-refractivity contribution is 0.174. The molecule has 5 rings (SSSR count). The molecule has 1 unspecified atom stereocenters. The van der Waals surface area contributed by atoms with E-state index in [-0.39, 0.29) is 24.2 Å². The molecule has 10 heteroatoms. The van der Waals surface area contributed by atoms with Crippen molar-refractivity contribution >= 4 is 10.0 Å². The number of sulfonamides is 1. The van der Waals surface area contributed by atoms with Crippen LogP contribution in [0.15, 0.2) is 51.8 Å². The van der Waals surface area contributed by atoms with Crippen molar-refractivity contribution in [2.24, 2.45) is 0 Å². The first-order chi connectivity index (χ1) is 15.0. The predicted octanol–water partition coefficient (Wildman–Crippen LogP) is 3.04. The molecule has 2 aliphatic heterocycles. The van der Waals surface area contributed by atoms with E-state index in [0.29, 0.717) is 42.0 Å². The quantitative estimate of drug-likeness (QED) is 0.593. The molecule has 0 spiro atoms. The first kappa shape index (κ1) is 19.8. The summed E-state index contributed by atoms with van der Waals surface area (Å²) in [6.07, 6.45) is 1.49. The Labute approximate surface area is 179 Å². The van der Waals surface area contributed by atoms with Gasteiger partial charge in [-0.2, -0.15) is 4.31 Å². The summed E-state index contributed by atoms with van der Waals surface area (Å²) in [5.41, 5.74) is 0.724. The van der Waals surface area contributed by atoms with E-state index in [0.717, 1.165) is 12.0 Å². The summed E-state index contributed by atoms with van der Waals surface area (Å²) in [4.78, 5) is 0.237. The zero-order valence-corrected chi connectivity index (χ0v) is 17.7. The summed E-state index contributed by atoms with van der Waals surface area (Å²) in [5, 5.41) is 8.35. The number of aromatic nitrogens is 2. The molecule has 1 fully saturated rings. The van der Waals surface area contributed by atoms with Gasteiger partial charge in [0.15, 0.2) is 11.5 Å². The van der Waals surface area contributed by atoms with Gasteiger partial charge in [-0.15, -0.1) is 10.2 Å². The van der Waals surface area contributed by atoms with Crippen LogP contribution in [0.2, 0.25) is 0 Å². The maximum Gasteiger partial charge on any atom is 0.247 e. The van der Waals surface area contributed by atoms with E-state index in [2.05, 4.69) is 10.2 Å². The number of nitrogens with zero attached hydrogens (tertiary/aromatic N) is 3. The molecular formula is C21H21N3O6S. The molecular weight excluding hydrogens is 422 g/mol. The van der Waals surface area contributed by atoms with Crippen LogP contribution < -0.4 is 14.2 Å². The van der Waals surface area contributed by atoms with Crippen molar-refractivity contribution in [1.82, 2.24) is 14.5 Å².